The molecular formula is C20H28N4O3. The number of rotatable bonds is 7. The van der Waals surface area contributed by atoms with E-state index in [4.69, 9.17) is 5.11 Å². The number of amides is 2. The van der Waals surface area contributed by atoms with Crippen molar-refractivity contribution in [2.75, 3.05) is 18.4 Å². The molecule has 146 valence electrons. The number of aliphatic carboxylic acids is 1. The topological polar surface area (TPSA) is 94.6 Å². The Balaban J connectivity index is 1.24. The Morgan fingerprint density at radius 1 is 1.19 bits per heavy atom. The van der Waals surface area contributed by atoms with E-state index in [1.807, 2.05) is 12.3 Å². The van der Waals surface area contributed by atoms with Gasteiger partial charge in [-0.1, -0.05) is 0 Å². The van der Waals surface area contributed by atoms with Gasteiger partial charge in [-0.3, -0.25) is 15.0 Å². The summed E-state index contributed by atoms with van der Waals surface area (Å²) in [5.74, 6) is 0.489. The number of hydrogen-bond donors (Lipinski definition) is 3. The molecule has 0 saturated heterocycles. The van der Waals surface area contributed by atoms with Crippen molar-refractivity contribution in [2.24, 2.45) is 5.92 Å². The zero-order valence-electron chi connectivity index (χ0n) is 15.6. The molecule has 2 saturated carbocycles. The Hall–Kier alpha value is -2.15. The van der Waals surface area contributed by atoms with E-state index in [0.29, 0.717) is 11.7 Å². The first-order valence-corrected chi connectivity index (χ1v) is 10.1. The van der Waals surface area contributed by atoms with E-state index >= 15 is 0 Å². The fourth-order valence-electron chi connectivity index (χ4n) is 4.17. The van der Waals surface area contributed by atoms with Gasteiger partial charge >= 0.3 is 12.0 Å². The Morgan fingerprint density at radius 2 is 1.93 bits per heavy atom. The molecule has 0 aliphatic heterocycles. The third kappa shape index (κ3) is 4.77. The molecule has 3 aliphatic rings. The van der Waals surface area contributed by atoms with Crippen molar-refractivity contribution in [1.82, 2.24) is 15.2 Å². The van der Waals surface area contributed by atoms with Crippen molar-refractivity contribution in [3.05, 3.63) is 23.4 Å². The van der Waals surface area contributed by atoms with Crippen LogP contribution in [0.4, 0.5) is 10.6 Å². The summed E-state index contributed by atoms with van der Waals surface area (Å²) >= 11 is 0. The predicted molar refractivity (Wildman–Crippen MR) is 102 cm³/mol. The van der Waals surface area contributed by atoms with Crippen LogP contribution in [0, 0.1) is 5.92 Å². The van der Waals surface area contributed by atoms with E-state index < -0.39 is 5.97 Å². The van der Waals surface area contributed by atoms with Crippen molar-refractivity contribution in [3.63, 3.8) is 0 Å². The molecule has 2 amide bonds. The van der Waals surface area contributed by atoms with Crippen LogP contribution in [0.5, 0.6) is 0 Å². The molecule has 3 N–H and O–H groups in total. The molecule has 1 aromatic rings. The maximum atomic E-state index is 12.3. The number of nitrogens with one attached hydrogen (secondary N) is 2. The van der Waals surface area contributed by atoms with Gasteiger partial charge in [0.2, 0.25) is 0 Å². The van der Waals surface area contributed by atoms with Gasteiger partial charge in [-0.2, -0.15) is 0 Å². The highest BCUT2D eigenvalue weighted by Crippen LogP contribution is 2.33. The second kappa shape index (κ2) is 7.84. The summed E-state index contributed by atoms with van der Waals surface area (Å²) in [6.45, 7) is 0.966. The lowest BCUT2D eigenvalue weighted by molar-refractivity contribution is -0.139. The van der Waals surface area contributed by atoms with E-state index in [0.717, 1.165) is 32.2 Å². The lowest BCUT2D eigenvalue weighted by Crippen LogP contribution is -2.55. The molecule has 0 bridgehead atoms. The number of aryl methyl sites for hydroxylation is 2. The number of hydrogen-bond acceptors (Lipinski definition) is 4. The molecule has 0 aromatic carbocycles. The van der Waals surface area contributed by atoms with Gasteiger partial charge in [0.15, 0.2) is 0 Å². The number of aromatic nitrogens is 1. The summed E-state index contributed by atoms with van der Waals surface area (Å²) in [6, 6.07) is 2.12. The maximum Gasteiger partial charge on any atom is 0.320 e. The maximum absolute atomic E-state index is 12.3. The van der Waals surface area contributed by atoms with Gasteiger partial charge in [0.05, 0.1) is 6.54 Å². The van der Waals surface area contributed by atoms with Crippen molar-refractivity contribution >= 4 is 17.8 Å². The van der Waals surface area contributed by atoms with Crippen LogP contribution in [0.2, 0.25) is 0 Å². The average Bonchev–Trinajstić information content (AvgIpc) is 3.41. The molecule has 7 nitrogen and oxygen atoms in total. The molecule has 7 heteroatoms. The third-order valence-electron chi connectivity index (χ3n) is 5.96. The van der Waals surface area contributed by atoms with Crippen LogP contribution in [0.3, 0.4) is 0 Å². The third-order valence-corrected chi connectivity index (χ3v) is 5.96. The summed E-state index contributed by atoms with van der Waals surface area (Å²) in [6.07, 6.45) is 10.5. The minimum Gasteiger partial charge on any atom is -0.480 e. The molecule has 27 heavy (non-hydrogen) atoms. The summed E-state index contributed by atoms with van der Waals surface area (Å²) in [5, 5.41) is 14.9. The fourth-order valence-corrected chi connectivity index (χ4v) is 4.17. The first-order valence-electron chi connectivity index (χ1n) is 10.1. The SMILES string of the molecule is O=C(O)CN(CC1CC1)C1CC(NC(=O)Nc2cc3c(cn2)CCCC3)C1. The Kier molecular flexibility index (Phi) is 5.29. The molecule has 0 unspecified atom stereocenters. The smallest absolute Gasteiger partial charge is 0.320 e. The molecule has 1 heterocycles. The summed E-state index contributed by atoms with van der Waals surface area (Å²) in [7, 11) is 0. The van der Waals surface area contributed by atoms with Gasteiger partial charge in [0, 0.05) is 24.8 Å². The largest absolute Gasteiger partial charge is 0.480 e. The first kappa shape index (κ1) is 18.2. The van der Waals surface area contributed by atoms with Crippen LogP contribution >= 0.6 is 0 Å². The van der Waals surface area contributed by atoms with Gasteiger partial charge in [-0.25, -0.2) is 9.78 Å². The van der Waals surface area contributed by atoms with Crippen LogP contribution in [-0.2, 0) is 17.6 Å². The number of anilines is 1. The number of carboxylic acids is 1. The van der Waals surface area contributed by atoms with Crippen molar-refractivity contribution in [1.29, 1.82) is 0 Å². The number of carboxylic acid groups (broad SMARTS) is 1. The van der Waals surface area contributed by atoms with Gasteiger partial charge in [-0.15, -0.1) is 0 Å². The van der Waals surface area contributed by atoms with Crippen molar-refractivity contribution < 1.29 is 14.7 Å². The summed E-state index contributed by atoms with van der Waals surface area (Å²) in [5.41, 5.74) is 2.59. The van der Waals surface area contributed by atoms with Gasteiger partial charge < -0.3 is 10.4 Å². The molecule has 3 aliphatic carbocycles. The molecule has 0 spiro atoms. The quantitative estimate of drug-likeness (QED) is 0.683. The Morgan fingerprint density at radius 3 is 2.63 bits per heavy atom. The lowest BCUT2D eigenvalue weighted by Gasteiger charge is -2.42. The normalized spacial score (nSPS) is 24.0. The van der Waals surface area contributed by atoms with Crippen LogP contribution in [-0.4, -0.2) is 52.2 Å². The Labute approximate surface area is 159 Å². The average molecular weight is 372 g/mol. The number of carbonyl (C=O) groups is 2. The number of fused-ring (bicyclic) bond motifs is 1. The first-order chi connectivity index (χ1) is 13.1. The van der Waals surface area contributed by atoms with E-state index in [1.54, 1.807) is 0 Å². The molecular weight excluding hydrogens is 344 g/mol. The second-order valence-corrected chi connectivity index (χ2v) is 8.23. The zero-order chi connectivity index (χ0) is 18.8. The minimum absolute atomic E-state index is 0.0964. The van der Waals surface area contributed by atoms with E-state index in [9.17, 15) is 9.59 Å². The monoisotopic (exact) mass is 372 g/mol. The van der Waals surface area contributed by atoms with E-state index in [1.165, 1.54) is 36.8 Å². The highest BCUT2D eigenvalue weighted by molar-refractivity contribution is 5.88. The zero-order valence-corrected chi connectivity index (χ0v) is 15.6. The molecule has 2 fully saturated rings. The van der Waals surface area contributed by atoms with Crippen molar-refractivity contribution in [3.8, 4) is 0 Å². The number of pyridine rings is 1. The second-order valence-electron chi connectivity index (χ2n) is 8.23. The van der Waals surface area contributed by atoms with Crippen LogP contribution in [0.1, 0.15) is 49.7 Å². The summed E-state index contributed by atoms with van der Waals surface area (Å²) < 4.78 is 0. The van der Waals surface area contributed by atoms with E-state index in [2.05, 4.69) is 20.5 Å². The predicted octanol–water partition coefficient (Wildman–Crippen LogP) is 2.41. The van der Waals surface area contributed by atoms with Crippen LogP contribution in [0.15, 0.2) is 12.3 Å². The molecule has 1 aromatic heterocycles. The van der Waals surface area contributed by atoms with Crippen molar-refractivity contribution in [2.45, 2.75) is 63.5 Å². The fraction of sp³-hybridized carbons (Fsp3) is 0.650. The number of nitrogens with zero attached hydrogens (tertiary/aromatic N) is 2. The van der Waals surface area contributed by atoms with Gasteiger partial charge in [0.1, 0.15) is 5.82 Å². The minimum atomic E-state index is -0.775. The molecule has 4 rings (SSSR count). The summed E-state index contributed by atoms with van der Waals surface area (Å²) in [4.78, 5) is 29.8. The molecule has 0 radical (unpaired) electrons. The number of carbonyl (C=O) groups excluding carboxylic acids is 1. The lowest BCUT2D eigenvalue weighted by atomic mass is 9.85. The standard InChI is InChI=1S/C20H28N4O3/c25-19(26)12-24(11-13-5-6-13)17-8-16(9-17)22-20(27)23-18-7-14-3-1-2-4-15(14)10-21-18/h7,10,13,16-17H,1-6,8-9,11-12H2,(H,25,26)(H2,21,22,23,27). The van der Waals surface area contributed by atoms with Crippen LogP contribution in [0.25, 0.3) is 0 Å². The number of urea groups is 1. The Bertz CT molecular complexity index is 713. The molecule has 0 atom stereocenters. The van der Waals surface area contributed by atoms with Crippen LogP contribution < -0.4 is 10.6 Å². The van der Waals surface area contributed by atoms with Gasteiger partial charge in [0.25, 0.3) is 0 Å². The highest BCUT2D eigenvalue weighted by atomic mass is 16.4. The van der Waals surface area contributed by atoms with Gasteiger partial charge in [-0.05, 0) is 74.5 Å². The van der Waals surface area contributed by atoms with E-state index in [-0.39, 0.29) is 24.7 Å². The highest BCUT2D eigenvalue weighted by Gasteiger charge is 2.37.